The van der Waals surface area contributed by atoms with E-state index in [1.165, 1.54) is 31.4 Å². The van der Waals surface area contributed by atoms with Gasteiger partial charge in [-0.1, -0.05) is 19.3 Å². The molecule has 38 heavy (non-hydrogen) atoms. The summed E-state index contributed by atoms with van der Waals surface area (Å²) in [5.41, 5.74) is 1.17. The molecule has 2 aromatic heterocycles. The van der Waals surface area contributed by atoms with Crippen LogP contribution in [0.25, 0.3) is 0 Å². The molecule has 5 rings (SSSR count). The standard InChI is InChI=1S/C26H37F3N8O/c27-26(28,29)17-6-3-7-20(14-17)33-25(38)32-19-10-8-18(9-11-19)31-24-30-13-12-22(35-24)34-23-15-21(36-37-23)16-4-1-2-5-16/h12-13,15-20H,1-11,14H2,(H2,32,33,38)(H3,30,31,34,35,36,37)/t17-,18?,19?,20+/m0/s1. The van der Waals surface area contributed by atoms with Gasteiger partial charge in [-0.2, -0.15) is 23.3 Å². The molecule has 12 heteroatoms. The molecular formula is C26H37F3N8O. The quantitative estimate of drug-likeness (QED) is 0.309. The van der Waals surface area contributed by atoms with E-state index in [4.69, 9.17) is 0 Å². The van der Waals surface area contributed by atoms with Crippen molar-refractivity contribution >= 4 is 23.6 Å². The van der Waals surface area contributed by atoms with Crippen LogP contribution in [-0.4, -0.2) is 50.5 Å². The third-order valence-corrected chi connectivity index (χ3v) is 8.17. The number of carbonyl (C=O) groups excluding carboxylic acids is 1. The maximum atomic E-state index is 13.0. The van der Waals surface area contributed by atoms with E-state index in [0.29, 0.717) is 30.5 Å². The Labute approximate surface area is 220 Å². The average molecular weight is 535 g/mol. The predicted octanol–water partition coefficient (Wildman–Crippen LogP) is 5.74. The van der Waals surface area contributed by atoms with Gasteiger partial charge in [-0.25, -0.2) is 9.78 Å². The molecule has 0 saturated heterocycles. The SMILES string of the molecule is O=C(NC1CCC(Nc2nccc(Nc3cc(C4CCCC4)[nH]n3)n2)CC1)N[C@@H]1CCC[C@H](C(F)(F)F)C1. The average Bonchev–Trinajstić information content (AvgIpc) is 3.58. The highest BCUT2D eigenvalue weighted by atomic mass is 19.4. The van der Waals surface area contributed by atoms with E-state index in [2.05, 4.69) is 47.5 Å². The summed E-state index contributed by atoms with van der Waals surface area (Å²) in [6.45, 7) is 0. The number of aromatic nitrogens is 4. The second-order valence-corrected chi connectivity index (χ2v) is 11.0. The zero-order chi connectivity index (χ0) is 26.5. The summed E-state index contributed by atoms with van der Waals surface area (Å²) in [5.74, 6) is 1.17. The number of alkyl halides is 3. The highest BCUT2D eigenvalue weighted by Gasteiger charge is 2.42. The van der Waals surface area contributed by atoms with Gasteiger partial charge >= 0.3 is 12.2 Å². The molecule has 3 fully saturated rings. The van der Waals surface area contributed by atoms with Crippen molar-refractivity contribution in [3.05, 3.63) is 24.0 Å². The Bertz CT molecular complexity index is 1060. The van der Waals surface area contributed by atoms with E-state index in [0.717, 1.165) is 31.5 Å². The fourth-order valence-corrected chi connectivity index (χ4v) is 6.07. The van der Waals surface area contributed by atoms with Crippen LogP contribution in [-0.2, 0) is 0 Å². The van der Waals surface area contributed by atoms with Crippen molar-refractivity contribution in [2.45, 2.75) is 107 Å². The van der Waals surface area contributed by atoms with Crippen LogP contribution in [0.5, 0.6) is 0 Å². The first-order valence-corrected chi connectivity index (χ1v) is 13.9. The van der Waals surface area contributed by atoms with Crippen LogP contribution >= 0.6 is 0 Å². The van der Waals surface area contributed by atoms with Crippen LogP contribution in [0, 0.1) is 5.92 Å². The van der Waals surface area contributed by atoms with Gasteiger partial charge in [-0.05, 0) is 63.9 Å². The Morgan fingerprint density at radius 2 is 1.63 bits per heavy atom. The zero-order valence-electron chi connectivity index (χ0n) is 21.5. The zero-order valence-corrected chi connectivity index (χ0v) is 21.5. The summed E-state index contributed by atoms with van der Waals surface area (Å²) in [6.07, 6.45) is 6.83. The fraction of sp³-hybridized carbons (Fsp3) is 0.692. The highest BCUT2D eigenvalue weighted by molar-refractivity contribution is 5.74. The van der Waals surface area contributed by atoms with E-state index in [9.17, 15) is 18.0 Å². The summed E-state index contributed by atoms with van der Waals surface area (Å²) in [4.78, 5) is 21.3. The highest BCUT2D eigenvalue weighted by Crippen LogP contribution is 2.37. The molecule has 9 nitrogen and oxygen atoms in total. The van der Waals surface area contributed by atoms with Crippen LogP contribution in [0.15, 0.2) is 18.3 Å². The van der Waals surface area contributed by atoms with E-state index in [-0.39, 0.29) is 31.0 Å². The minimum absolute atomic E-state index is 0.00213. The van der Waals surface area contributed by atoms with E-state index < -0.39 is 18.1 Å². The van der Waals surface area contributed by atoms with Crippen molar-refractivity contribution in [2.24, 2.45) is 5.92 Å². The number of aromatic amines is 1. The van der Waals surface area contributed by atoms with Crippen molar-refractivity contribution in [1.82, 2.24) is 30.8 Å². The number of H-pyrrole nitrogens is 1. The number of nitrogens with zero attached hydrogens (tertiary/aromatic N) is 3. The topological polar surface area (TPSA) is 120 Å². The van der Waals surface area contributed by atoms with Crippen molar-refractivity contribution in [1.29, 1.82) is 0 Å². The molecule has 3 saturated carbocycles. The maximum absolute atomic E-state index is 13.0. The summed E-state index contributed by atoms with van der Waals surface area (Å²) in [7, 11) is 0. The molecule has 2 aromatic rings. The minimum atomic E-state index is -4.20. The monoisotopic (exact) mass is 534 g/mol. The molecule has 5 N–H and O–H groups in total. The van der Waals surface area contributed by atoms with Gasteiger partial charge in [0.05, 0.1) is 5.92 Å². The van der Waals surface area contributed by atoms with Gasteiger partial charge in [-0.15, -0.1) is 0 Å². The van der Waals surface area contributed by atoms with Crippen LogP contribution < -0.4 is 21.3 Å². The Hall–Kier alpha value is -3.05. The lowest BCUT2D eigenvalue weighted by molar-refractivity contribution is -0.183. The van der Waals surface area contributed by atoms with Crippen molar-refractivity contribution < 1.29 is 18.0 Å². The second kappa shape index (κ2) is 11.8. The number of hydrogen-bond donors (Lipinski definition) is 5. The summed E-state index contributed by atoms with van der Waals surface area (Å²) in [5, 5.41) is 19.9. The second-order valence-electron chi connectivity index (χ2n) is 11.0. The first kappa shape index (κ1) is 26.6. The van der Waals surface area contributed by atoms with Crippen molar-refractivity contribution in [3.8, 4) is 0 Å². The third-order valence-electron chi connectivity index (χ3n) is 8.17. The van der Waals surface area contributed by atoms with Gasteiger partial charge in [0.25, 0.3) is 0 Å². The molecule has 0 aliphatic heterocycles. The Morgan fingerprint density at radius 1 is 0.895 bits per heavy atom. The van der Waals surface area contributed by atoms with Gasteiger partial charge in [0.1, 0.15) is 5.82 Å². The lowest BCUT2D eigenvalue weighted by Crippen LogP contribution is -2.49. The number of hydrogen-bond acceptors (Lipinski definition) is 6. The normalized spacial score (nSPS) is 26.6. The Balaban J connectivity index is 1.05. The minimum Gasteiger partial charge on any atom is -0.351 e. The van der Waals surface area contributed by atoms with Crippen LogP contribution in [0.4, 0.5) is 35.5 Å². The third kappa shape index (κ3) is 7.08. The summed E-state index contributed by atoms with van der Waals surface area (Å²) in [6, 6.07) is 3.23. The molecule has 0 aromatic carbocycles. The van der Waals surface area contributed by atoms with Gasteiger partial charge in [-0.3, -0.25) is 5.10 Å². The maximum Gasteiger partial charge on any atom is 0.391 e. The van der Waals surface area contributed by atoms with E-state index in [1.54, 1.807) is 12.3 Å². The Kier molecular flexibility index (Phi) is 8.23. The van der Waals surface area contributed by atoms with Crippen LogP contribution in [0.2, 0.25) is 0 Å². The van der Waals surface area contributed by atoms with Gasteiger partial charge < -0.3 is 21.3 Å². The number of halogens is 3. The van der Waals surface area contributed by atoms with E-state index in [1.807, 2.05) is 0 Å². The first-order valence-electron chi connectivity index (χ1n) is 13.9. The molecule has 0 unspecified atom stereocenters. The number of amides is 2. The fourth-order valence-electron chi connectivity index (χ4n) is 6.07. The smallest absolute Gasteiger partial charge is 0.351 e. The molecule has 0 radical (unpaired) electrons. The Morgan fingerprint density at radius 3 is 2.39 bits per heavy atom. The van der Waals surface area contributed by atoms with Crippen molar-refractivity contribution in [3.63, 3.8) is 0 Å². The molecule has 0 spiro atoms. The molecule has 2 atom stereocenters. The molecule has 2 amide bonds. The number of urea groups is 1. The summed E-state index contributed by atoms with van der Waals surface area (Å²) < 4.78 is 39.1. The lowest BCUT2D eigenvalue weighted by Gasteiger charge is -2.33. The van der Waals surface area contributed by atoms with Gasteiger partial charge in [0.2, 0.25) is 5.95 Å². The molecule has 3 aliphatic carbocycles. The van der Waals surface area contributed by atoms with Crippen LogP contribution in [0.3, 0.4) is 0 Å². The molecule has 208 valence electrons. The van der Waals surface area contributed by atoms with Crippen LogP contribution in [0.1, 0.15) is 88.7 Å². The predicted molar refractivity (Wildman–Crippen MR) is 138 cm³/mol. The van der Waals surface area contributed by atoms with Crippen molar-refractivity contribution in [2.75, 3.05) is 10.6 Å². The molecule has 2 heterocycles. The molecular weight excluding hydrogens is 497 g/mol. The number of carbonyl (C=O) groups is 1. The summed E-state index contributed by atoms with van der Waals surface area (Å²) >= 11 is 0. The first-order chi connectivity index (χ1) is 18.3. The number of nitrogens with one attached hydrogen (secondary N) is 5. The van der Waals surface area contributed by atoms with E-state index >= 15 is 0 Å². The van der Waals surface area contributed by atoms with Gasteiger partial charge in [0.15, 0.2) is 5.82 Å². The number of rotatable bonds is 7. The largest absolute Gasteiger partial charge is 0.391 e. The van der Waals surface area contributed by atoms with Gasteiger partial charge in [0, 0.05) is 42.0 Å². The number of anilines is 3. The lowest BCUT2D eigenvalue weighted by atomic mass is 9.85. The molecule has 3 aliphatic rings. The molecule has 0 bridgehead atoms.